The summed E-state index contributed by atoms with van der Waals surface area (Å²) >= 11 is 0. The second-order valence-corrected chi connectivity index (χ2v) is 4.76. The first kappa shape index (κ1) is 14.0. The lowest BCUT2D eigenvalue weighted by atomic mass is 10.1. The van der Waals surface area contributed by atoms with Crippen molar-refractivity contribution in [3.05, 3.63) is 29.8 Å². The Morgan fingerprint density at radius 2 is 2.00 bits per heavy atom. The van der Waals surface area contributed by atoms with Crippen LogP contribution in [0.3, 0.4) is 0 Å². The van der Waals surface area contributed by atoms with Gasteiger partial charge in [-0.3, -0.25) is 0 Å². The maximum Gasteiger partial charge on any atom is 0.119 e. The monoisotopic (exact) mass is 235 g/mol. The molecule has 0 radical (unpaired) electrons. The molecule has 0 atom stereocenters. The summed E-state index contributed by atoms with van der Waals surface area (Å²) in [6.45, 7) is 4.15. The average molecular weight is 235 g/mol. The molecule has 0 saturated heterocycles. The van der Waals surface area contributed by atoms with Gasteiger partial charge in [-0.15, -0.1) is 0 Å². The number of rotatable bonds is 8. The number of nitrogens with zero attached hydrogens (tertiary/aromatic N) is 1. The van der Waals surface area contributed by atoms with Gasteiger partial charge < -0.3 is 9.64 Å². The second-order valence-electron chi connectivity index (χ2n) is 4.76. The highest BCUT2D eigenvalue weighted by Gasteiger charge is 1.98. The van der Waals surface area contributed by atoms with Crippen molar-refractivity contribution in [2.75, 3.05) is 27.2 Å². The fraction of sp³-hybridized carbons (Fsp3) is 0.600. The highest BCUT2D eigenvalue weighted by molar-refractivity contribution is 5.28. The van der Waals surface area contributed by atoms with Crippen molar-refractivity contribution in [2.24, 2.45) is 0 Å². The van der Waals surface area contributed by atoms with Gasteiger partial charge in [-0.1, -0.05) is 25.5 Å². The van der Waals surface area contributed by atoms with Crippen LogP contribution in [0.4, 0.5) is 0 Å². The maximum absolute atomic E-state index is 5.70. The molecule has 0 bridgehead atoms. The SMILES string of the molecule is CCCCOc1cccc(CCCN(C)C)c1. The zero-order valence-electron chi connectivity index (χ0n) is 11.4. The summed E-state index contributed by atoms with van der Waals surface area (Å²) < 4.78 is 5.70. The summed E-state index contributed by atoms with van der Waals surface area (Å²) in [5.41, 5.74) is 1.38. The van der Waals surface area contributed by atoms with E-state index < -0.39 is 0 Å². The number of hydrogen-bond donors (Lipinski definition) is 0. The third-order valence-corrected chi connectivity index (χ3v) is 2.74. The highest BCUT2D eigenvalue weighted by Crippen LogP contribution is 2.15. The van der Waals surface area contributed by atoms with E-state index >= 15 is 0 Å². The molecule has 1 aromatic carbocycles. The Morgan fingerprint density at radius 1 is 1.18 bits per heavy atom. The molecule has 0 aromatic heterocycles. The van der Waals surface area contributed by atoms with Gasteiger partial charge >= 0.3 is 0 Å². The smallest absolute Gasteiger partial charge is 0.119 e. The second kappa shape index (κ2) is 8.13. The normalized spacial score (nSPS) is 10.8. The quantitative estimate of drug-likeness (QED) is 0.641. The topological polar surface area (TPSA) is 12.5 Å². The molecule has 0 fully saturated rings. The van der Waals surface area contributed by atoms with Gasteiger partial charge in [0.05, 0.1) is 6.61 Å². The van der Waals surface area contributed by atoms with Crippen LogP contribution in [0.2, 0.25) is 0 Å². The van der Waals surface area contributed by atoms with Crippen molar-refractivity contribution in [1.29, 1.82) is 0 Å². The first-order valence-electron chi connectivity index (χ1n) is 6.59. The molecule has 0 amide bonds. The summed E-state index contributed by atoms with van der Waals surface area (Å²) in [4.78, 5) is 2.22. The van der Waals surface area contributed by atoms with E-state index in [4.69, 9.17) is 4.74 Å². The van der Waals surface area contributed by atoms with E-state index in [1.54, 1.807) is 0 Å². The molecule has 2 nitrogen and oxygen atoms in total. The third kappa shape index (κ3) is 6.32. The lowest BCUT2D eigenvalue weighted by Gasteiger charge is -2.10. The average Bonchev–Trinajstić information content (AvgIpc) is 2.29. The Labute approximate surface area is 106 Å². The van der Waals surface area contributed by atoms with Gasteiger partial charge in [0.2, 0.25) is 0 Å². The zero-order chi connectivity index (χ0) is 12.5. The number of ether oxygens (including phenoxy) is 1. The predicted octanol–water partition coefficient (Wildman–Crippen LogP) is 3.36. The first-order valence-corrected chi connectivity index (χ1v) is 6.59. The fourth-order valence-electron chi connectivity index (χ4n) is 1.72. The number of benzene rings is 1. The molecule has 0 saturated carbocycles. The molecular formula is C15H25NO. The molecule has 96 valence electrons. The van der Waals surface area contributed by atoms with Crippen LogP contribution < -0.4 is 4.74 Å². The minimum absolute atomic E-state index is 0.831. The zero-order valence-corrected chi connectivity index (χ0v) is 11.4. The van der Waals surface area contributed by atoms with E-state index in [0.717, 1.165) is 31.7 Å². The molecular weight excluding hydrogens is 210 g/mol. The van der Waals surface area contributed by atoms with Crippen molar-refractivity contribution in [3.8, 4) is 5.75 Å². The minimum Gasteiger partial charge on any atom is -0.494 e. The molecule has 0 unspecified atom stereocenters. The van der Waals surface area contributed by atoms with Crippen molar-refractivity contribution < 1.29 is 4.74 Å². The van der Waals surface area contributed by atoms with E-state index in [1.165, 1.54) is 18.4 Å². The largest absolute Gasteiger partial charge is 0.494 e. The molecule has 2 heteroatoms. The lowest BCUT2D eigenvalue weighted by molar-refractivity contribution is 0.309. The molecule has 1 rings (SSSR count). The molecule has 0 aliphatic rings. The van der Waals surface area contributed by atoms with Crippen LogP contribution in [0.5, 0.6) is 5.75 Å². The lowest BCUT2D eigenvalue weighted by Crippen LogP contribution is -2.13. The van der Waals surface area contributed by atoms with Gasteiger partial charge in [-0.05, 0) is 57.6 Å². The van der Waals surface area contributed by atoms with E-state index in [2.05, 4.69) is 44.1 Å². The molecule has 1 aromatic rings. The molecule has 17 heavy (non-hydrogen) atoms. The van der Waals surface area contributed by atoms with Gasteiger partial charge in [0, 0.05) is 0 Å². The van der Waals surface area contributed by atoms with Gasteiger partial charge in [-0.25, -0.2) is 0 Å². The van der Waals surface area contributed by atoms with E-state index in [9.17, 15) is 0 Å². The third-order valence-electron chi connectivity index (χ3n) is 2.74. The number of unbranched alkanes of at least 4 members (excludes halogenated alkanes) is 1. The summed E-state index contributed by atoms with van der Waals surface area (Å²) in [6.07, 6.45) is 4.64. The Hall–Kier alpha value is -1.02. The number of hydrogen-bond acceptors (Lipinski definition) is 2. The van der Waals surface area contributed by atoms with Gasteiger partial charge in [0.15, 0.2) is 0 Å². The summed E-state index contributed by atoms with van der Waals surface area (Å²) in [5, 5.41) is 0. The molecule has 0 heterocycles. The van der Waals surface area contributed by atoms with Crippen molar-refractivity contribution in [2.45, 2.75) is 32.6 Å². The van der Waals surface area contributed by atoms with Gasteiger partial charge in [-0.2, -0.15) is 0 Å². The van der Waals surface area contributed by atoms with Crippen LogP contribution in [-0.4, -0.2) is 32.1 Å². The summed E-state index contributed by atoms with van der Waals surface area (Å²) in [6, 6.07) is 8.49. The van der Waals surface area contributed by atoms with Crippen molar-refractivity contribution in [1.82, 2.24) is 4.90 Å². The van der Waals surface area contributed by atoms with E-state index in [0.29, 0.717) is 0 Å². The molecule has 0 spiro atoms. The fourth-order valence-corrected chi connectivity index (χ4v) is 1.72. The van der Waals surface area contributed by atoms with Crippen LogP contribution >= 0.6 is 0 Å². The van der Waals surface area contributed by atoms with E-state index in [1.807, 2.05) is 6.07 Å². The van der Waals surface area contributed by atoms with E-state index in [-0.39, 0.29) is 0 Å². The molecule has 0 aliphatic carbocycles. The Kier molecular flexibility index (Phi) is 6.71. The number of aryl methyl sites for hydroxylation is 1. The van der Waals surface area contributed by atoms with Gasteiger partial charge in [0.1, 0.15) is 5.75 Å². The van der Waals surface area contributed by atoms with Crippen molar-refractivity contribution in [3.63, 3.8) is 0 Å². The van der Waals surface area contributed by atoms with Gasteiger partial charge in [0.25, 0.3) is 0 Å². The Bertz CT molecular complexity index is 310. The van der Waals surface area contributed by atoms with Crippen molar-refractivity contribution >= 4 is 0 Å². The van der Waals surface area contributed by atoms with Crippen LogP contribution in [-0.2, 0) is 6.42 Å². The maximum atomic E-state index is 5.70. The molecule has 0 aliphatic heterocycles. The Morgan fingerprint density at radius 3 is 2.71 bits per heavy atom. The standard InChI is InChI=1S/C15H25NO/c1-4-5-12-17-15-10-6-8-14(13-15)9-7-11-16(2)3/h6,8,10,13H,4-5,7,9,11-12H2,1-3H3. The minimum atomic E-state index is 0.831. The summed E-state index contributed by atoms with van der Waals surface area (Å²) in [7, 11) is 4.23. The van der Waals surface area contributed by atoms with Crippen LogP contribution in [0.25, 0.3) is 0 Å². The highest BCUT2D eigenvalue weighted by atomic mass is 16.5. The van der Waals surface area contributed by atoms with Crippen LogP contribution in [0.1, 0.15) is 31.7 Å². The Balaban J connectivity index is 2.37. The predicted molar refractivity (Wildman–Crippen MR) is 73.7 cm³/mol. The van der Waals surface area contributed by atoms with Crippen LogP contribution in [0.15, 0.2) is 24.3 Å². The first-order chi connectivity index (χ1) is 8.22. The van der Waals surface area contributed by atoms with Crippen LogP contribution in [0, 0.1) is 0 Å². The summed E-state index contributed by atoms with van der Waals surface area (Å²) in [5.74, 6) is 1.01. The molecule has 0 N–H and O–H groups in total.